The fourth-order valence-electron chi connectivity index (χ4n) is 3.94. The minimum Gasteiger partial charge on any atom is -0.503 e. The molecule has 2 amide bonds. The number of fused-ring (bicyclic) bond motifs is 4. The number of carbonyl (C=O) groups is 2. The molecule has 7 nitrogen and oxygen atoms in total. The van der Waals surface area contributed by atoms with Crippen molar-refractivity contribution >= 4 is 35.0 Å². The Labute approximate surface area is 181 Å². The molecule has 1 saturated heterocycles. The average Bonchev–Trinajstić information content (AvgIpc) is 2.95. The predicted octanol–water partition coefficient (Wildman–Crippen LogP) is 3.11. The Morgan fingerprint density at radius 2 is 2.00 bits per heavy atom. The van der Waals surface area contributed by atoms with Crippen LogP contribution < -0.4 is 10.7 Å². The van der Waals surface area contributed by atoms with Gasteiger partial charge in [-0.1, -0.05) is 29.3 Å². The van der Waals surface area contributed by atoms with Gasteiger partial charge in [0.1, 0.15) is 11.4 Å². The number of nitrogens with zero attached hydrogens (tertiary/aromatic N) is 2. The number of aromatic hydroxyl groups is 1. The lowest BCUT2D eigenvalue weighted by Crippen LogP contribution is -2.44. The standard InChI is InChI=1S/C20H18Cl2FN3O4/c21-14-10(4-5-13(23)15(14)22)7-24-19(29)12-9-26-11-3-1-2-6-25(8-11)20(30)16(26)18(28)17(12)27/h4-5,9,11,28H,1-3,6-8H2,(H,24,29). The number of halogens is 3. The summed E-state index contributed by atoms with van der Waals surface area (Å²) >= 11 is 11.8. The Bertz CT molecular complexity index is 1120. The van der Waals surface area contributed by atoms with Gasteiger partial charge in [-0.15, -0.1) is 0 Å². The van der Waals surface area contributed by atoms with Crippen molar-refractivity contribution in [3.8, 4) is 5.75 Å². The van der Waals surface area contributed by atoms with Crippen molar-refractivity contribution in [2.75, 3.05) is 13.1 Å². The van der Waals surface area contributed by atoms with Gasteiger partial charge in [-0.3, -0.25) is 14.4 Å². The van der Waals surface area contributed by atoms with Gasteiger partial charge < -0.3 is 19.9 Å². The van der Waals surface area contributed by atoms with Crippen molar-refractivity contribution in [2.24, 2.45) is 0 Å². The zero-order valence-corrected chi connectivity index (χ0v) is 17.3. The Balaban J connectivity index is 1.66. The topological polar surface area (TPSA) is 91.6 Å². The highest BCUT2D eigenvalue weighted by molar-refractivity contribution is 6.42. The van der Waals surface area contributed by atoms with Crippen LogP contribution in [0.4, 0.5) is 4.39 Å². The minimum absolute atomic E-state index is 0.0360. The highest BCUT2D eigenvalue weighted by atomic mass is 35.5. The minimum atomic E-state index is -0.921. The lowest BCUT2D eigenvalue weighted by molar-refractivity contribution is 0.0677. The van der Waals surface area contributed by atoms with E-state index in [9.17, 15) is 23.9 Å². The molecule has 0 aliphatic carbocycles. The van der Waals surface area contributed by atoms with E-state index in [0.29, 0.717) is 18.7 Å². The second-order valence-electron chi connectivity index (χ2n) is 7.39. The number of hydrogen-bond donors (Lipinski definition) is 2. The number of benzene rings is 1. The summed E-state index contributed by atoms with van der Waals surface area (Å²) in [5.41, 5.74) is -0.919. The Hall–Kier alpha value is -2.58. The first-order valence-corrected chi connectivity index (χ1v) is 10.2. The number of pyridine rings is 1. The van der Waals surface area contributed by atoms with Gasteiger partial charge in [0.05, 0.1) is 16.1 Å². The van der Waals surface area contributed by atoms with Crippen LogP contribution in [0, 0.1) is 5.82 Å². The number of nitrogens with one attached hydrogen (secondary N) is 1. The van der Waals surface area contributed by atoms with E-state index in [1.807, 2.05) is 0 Å². The summed E-state index contributed by atoms with van der Waals surface area (Å²) in [5, 5.41) is 12.7. The zero-order chi connectivity index (χ0) is 21.6. The smallest absolute Gasteiger partial charge is 0.274 e. The monoisotopic (exact) mass is 453 g/mol. The maximum absolute atomic E-state index is 13.4. The molecule has 1 aromatic carbocycles. The summed E-state index contributed by atoms with van der Waals surface area (Å²) in [7, 11) is 0. The molecule has 2 aromatic rings. The summed E-state index contributed by atoms with van der Waals surface area (Å²) < 4.78 is 15.0. The Morgan fingerprint density at radius 1 is 1.23 bits per heavy atom. The van der Waals surface area contributed by atoms with Gasteiger partial charge in [0.15, 0.2) is 11.4 Å². The molecular formula is C20H18Cl2FN3O4. The number of rotatable bonds is 3. The summed E-state index contributed by atoms with van der Waals surface area (Å²) in [6.45, 7) is 0.945. The molecule has 0 spiro atoms. The van der Waals surface area contributed by atoms with Crippen LogP contribution in [0.3, 0.4) is 0 Å². The van der Waals surface area contributed by atoms with Gasteiger partial charge in [-0.05, 0) is 30.9 Å². The van der Waals surface area contributed by atoms with Gasteiger partial charge in [0.25, 0.3) is 11.8 Å². The molecular weight excluding hydrogens is 436 g/mol. The van der Waals surface area contributed by atoms with Crippen molar-refractivity contribution in [3.05, 3.63) is 61.2 Å². The highest BCUT2D eigenvalue weighted by Crippen LogP contribution is 2.32. The first-order valence-electron chi connectivity index (χ1n) is 9.47. The van der Waals surface area contributed by atoms with E-state index in [4.69, 9.17) is 23.2 Å². The Kier molecular flexibility index (Phi) is 5.46. The van der Waals surface area contributed by atoms with Crippen LogP contribution in [0.25, 0.3) is 0 Å². The van der Waals surface area contributed by atoms with E-state index in [1.54, 1.807) is 4.90 Å². The van der Waals surface area contributed by atoms with Gasteiger partial charge in [-0.2, -0.15) is 0 Å². The fraction of sp³-hybridized carbons (Fsp3) is 0.350. The molecule has 2 N–H and O–H groups in total. The first-order chi connectivity index (χ1) is 14.3. The molecule has 30 heavy (non-hydrogen) atoms. The third kappa shape index (κ3) is 3.44. The largest absolute Gasteiger partial charge is 0.503 e. The van der Waals surface area contributed by atoms with E-state index < -0.39 is 28.8 Å². The number of hydrogen-bond acceptors (Lipinski definition) is 4. The summed E-state index contributed by atoms with van der Waals surface area (Å²) in [4.78, 5) is 39.6. The van der Waals surface area contributed by atoms with Crippen LogP contribution >= 0.6 is 23.2 Å². The third-order valence-electron chi connectivity index (χ3n) is 5.54. The van der Waals surface area contributed by atoms with E-state index >= 15 is 0 Å². The molecule has 158 valence electrons. The van der Waals surface area contributed by atoms with Crippen molar-refractivity contribution in [2.45, 2.75) is 31.8 Å². The summed E-state index contributed by atoms with van der Waals surface area (Å²) in [5.74, 6) is -2.57. The van der Waals surface area contributed by atoms with Gasteiger partial charge in [0.2, 0.25) is 5.43 Å². The van der Waals surface area contributed by atoms with Gasteiger partial charge >= 0.3 is 0 Å². The fourth-order valence-corrected chi connectivity index (χ4v) is 4.34. The summed E-state index contributed by atoms with van der Waals surface area (Å²) in [6.07, 6.45) is 3.84. The zero-order valence-electron chi connectivity index (χ0n) is 15.8. The molecule has 2 aliphatic heterocycles. The van der Waals surface area contributed by atoms with Crippen LogP contribution in [0.15, 0.2) is 23.1 Å². The number of aromatic nitrogens is 1. The maximum Gasteiger partial charge on any atom is 0.274 e. The second kappa shape index (κ2) is 7.92. The van der Waals surface area contributed by atoms with Crippen LogP contribution in [0.5, 0.6) is 5.75 Å². The average molecular weight is 454 g/mol. The molecule has 1 atom stereocenters. The molecule has 4 rings (SSSR count). The van der Waals surface area contributed by atoms with E-state index in [2.05, 4.69) is 5.32 Å². The molecule has 2 bridgehead atoms. The predicted molar refractivity (Wildman–Crippen MR) is 109 cm³/mol. The highest BCUT2D eigenvalue weighted by Gasteiger charge is 2.36. The van der Waals surface area contributed by atoms with Crippen molar-refractivity contribution in [1.29, 1.82) is 0 Å². The van der Waals surface area contributed by atoms with Crippen LogP contribution in [0.2, 0.25) is 10.0 Å². The van der Waals surface area contributed by atoms with E-state index in [-0.39, 0.29) is 33.9 Å². The van der Waals surface area contributed by atoms with Crippen molar-refractivity contribution in [3.63, 3.8) is 0 Å². The van der Waals surface area contributed by atoms with Crippen LogP contribution in [0.1, 0.15) is 51.7 Å². The molecule has 2 aliphatic rings. The number of carbonyl (C=O) groups excluding carboxylic acids is 2. The van der Waals surface area contributed by atoms with E-state index in [0.717, 1.165) is 25.3 Å². The number of amides is 2. The summed E-state index contributed by atoms with van der Waals surface area (Å²) in [6, 6.07) is 2.38. The van der Waals surface area contributed by atoms with E-state index in [1.165, 1.54) is 16.8 Å². The van der Waals surface area contributed by atoms with Crippen molar-refractivity contribution < 1.29 is 19.1 Å². The molecule has 0 radical (unpaired) electrons. The molecule has 3 heterocycles. The molecule has 0 saturated carbocycles. The van der Waals surface area contributed by atoms with Crippen LogP contribution in [-0.2, 0) is 6.54 Å². The molecule has 1 unspecified atom stereocenters. The van der Waals surface area contributed by atoms with Gasteiger partial charge in [0, 0.05) is 25.8 Å². The first kappa shape index (κ1) is 20.7. The third-order valence-corrected chi connectivity index (χ3v) is 6.44. The lowest BCUT2D eigenvalue weighted by atomic mass is 10.1. The van der Waals surface area contributed by atoms with Crippen molar-refractivity contribution in [1.82, 2.24) is 14.8 Å². The lowest BCUT2D eigenvalue weighted by Gasteiger charge is -2.34. The maximum atomic E-state index is 13.4. The second-order valence-corrected chi connectivity index (χ2v) is 8.15. The molecule has 1 aromatic heterocycles. The normalized spacial score (nSPS) is 18.0. The van der Waals surface area contributed by atoms with Crippen LogP contribution in [-0.4, -0.2) is 39.5 Å². The van der Waals surface area contributed by atoms with Gasteiger partial charge in [-0.25, -0.2) is 4.39 Å². The quantitative estimate of drug-likeness (QED) is 0.698. The SMILES string of the molecule is O=C(NCc1ccc(F)c(Cl)c1Cl)c1cn2c(c(O)c1=O)C(=O)N1CCCCC2C1. The Morgan fingerprint density at radius 3 is 2.77 bits per heavy atom. The molecule has 10 heteroatoms. The molecule has 1 fully saturated rings.